The minimum atomic E-state index is -0.00245. The molecule has 8 nitrogen and oxygen atoms in total. The van der Waals surface area contributed by atoms with Gasteiger partial charge in [-0.05, 0) is 56.6 Å². The highest BCUT2D eigenvalue weighted by Crippen LogP contribution is 2.36. The van der Waals surface area contributed by atoms with Crippen molar-refractivity contribution in [3.63, 3.8) is 0 Å². The molecule has 4 atom stereocenters. The van der Waals surface area contributed by atoms with Crippen molar-refractivity contribution >= 4 is 5.91 Å². The van der Waals surface area contributed by atoms with Gasteiger partial charge in [0.2, 0.25) is 11.5 Å². The van der Waals surface area contributed by atoms with Gasteiger partial charge in [0.25, 0.3) is 0 Å². The minimum Gasteiger partial charge on any atom is -0.469 e. The lowest BCUT2D eigenvalue weighted by atomic mass is 9.84. The Balaban J connectivity index is 0.00000330. The summed E-state index contributed by atoms with van der Waals surface area (Å²) in [5, 5.41) is 0. The second kappa shape index (κ2) is 20.1. The maximum atomic E-state index is 13.8. The summed E-state index contributed by atoms with van der Waals surface area (Å²) in [4.78, 5) is 30.8. The van der Waals surface area contributed by atoms with Crippen LogP contribution in [0.3, 0.4) is 0 Å². The SMILES string of the molecule is CC.CCCCCC(/C=C1/OCOC1C)C1CC(CCn2ccccc2=O)N(CC(=O)N(CCCC)CCC[N+](C)(C)C)C1. The van der Waals surface area contributed by atoms with Gasteiger partial charge in [-0.25, -0.2) is 0 Å². The molecule has 2 aliphatic rings. The van der Waals surface area contributed by atoms with Crippen LogP contribution < -0.4 is 5.56 Å². The summed E-state index contributed by atoms with van der Waals surface area (Å²) in [6.07, 6.45) is 14.0. The van der Waals surface area contributed by atoms with Gasteiger partial charge in [0.1, 0.15) is 11.9 Å². The van der Waals surface area contributed by atoms with Crippen LogP contribution in [0.15, 0.2) is 41.0 Å². The van der Waals surface area contributed by atoms with Crippen LogP contribution in [0.4, 0.5) is 0 Å². The number of unbranched alkanes of at least 4 members (excludes halogenated alkanes) is 3. The van der Waals surface area contributed by atoms with Crippen LogP contribution in [-0.4, -0.2) is 97.6 Å². The maximum Gasteiger partial charge on any atom is 0.250 e. The van der Waals surface area contributed by atoms with Gasteiger partial charge in [-0.2, -0.15) is 0 Å². The zero-order chi connectivity index (χ0) is 32.5. The molecule has 1 aromatic heterocycles. The van der Waals surface area contributed by atoms with Crippen LogP contribution in [0.1, 0.15) is 92.4 Å². The van der Waals surface area contributed by atoms with Crippen LogP contribution in [-0.2, 0) is 20.8 Å². The fourth-order valence-electron chi connectivity index (χ4n) is 6.36. The molecule has 44 heavy (non-hydrogen) atoms. The van der Waals surface area contributed by atoms with Crippen molar-refractivity contribution in [1.29, 1.82) is 0 Å². The highest BCUT2D eigenvalue weighted by atomic mass is 16.7. The number of amides is 1. The summed E-state index contributed by atoms with van der Waals surface area (Å²) in [7, 11) is 6.63. The lowest BCUT2D eigenvalue weighted by molar-refractivity contribution is -0.870. The number of aryl methyl sites for hydroxylation is 1. The van der Waals surface area contributed by atoms with Crippen LogP contribution in [0.2, 0.25) is 0 Å². The Labute approximate surface area is 269 Å². The van der Waals surface area contributed by atoms with E-state index in [-0.39, 0.29) is 23.6 Å². The number of carbonyl (C=O) groups is 1. The van der Waals surface area contributed by atoms with E-state index in [4.69, 9.17) is 9.47 Å². The summed E-state index contributed by atoms with van der Waals surface area (Å²) in [6, 6.07) is 5.60. The molecule has 0 radical (unpaired) electrons. The molecular formula is C36H65N4O4+. The first-order valence-electron chi connectivity index (χ1n) is 17.5. The molecule has 2 aliphatic heterocycles. The highest BCUT2D eigenvalue weighted by Gasteiger charge is 2.37. The first kappa shape index (κ1) is 38.0. The number of quaternary nitrogens is 1. The van der Waals surface area contributed by atoms with Crippen molar-refractivity contribution in [2.24, 2.45) is 11.8 Å². The van der Waals surface area contributed by atoms with Crippen molar-refractivity contribution < 1.29 is 18.8 Å². The van der Waals surface area contributed by atoms with Crippen molar-refractivity contribution in [2.75, 3.05) is 60.7 Å². The Morgan fingerprint density at radius 3 is 2.45 bits per heavy atom. The molecule has 3 heterocycles. The van der Waals surface area contributed by atoms with E-state index in [1.807, 2.05) is 26.1 Å². The molecule has 0 spiro atoms. The van der Waals surface area contributed by atoms with Crippen LogP contribution >= 0.6 is 0 Å². The second-order valence-corrected chi connectivity index (χ2v) is 13.5. The highest BCUT2D eigenvalue weighted by molar-refractivity contribution is 5.78. The fraction of sp³-hybridized carbons (Fsp3) is 0.778. The van der Waals surface area contributed by atoms with E-state index in [9.17, 15) is 9.59 Å². The molecule has 1 amide bonds. The number of rotatable bonds is 18. The van der Waals surface area contributed by atoms with E-state index >= 15 is 0 Å². The number of nitrogens with zero attached hydrogens (tertiary/aromatic N) is 4. The smallest absolute Gasteiger partial charge is 0.250 e. The molecule has 2 fully saturated rings. The lowest BCUT2D eigenvalue weighted by Crippen LogP contribution is -2.44. The van der Waals surface area contributed by atoms with Crippen molar-refractivity contribution in [3.05, 3.63) is 46.6 Å². The summed E-state index contributed by atoms with van der Waals surface area (Å²) in [5.41, 5.74) is 0.0345. The van der Waals surface area contributed by atoms with Crippen LogP contribution in [0.25, 0.3) is 0 Å². The van der Waals surface area contributed by atoms with Gasteiger partial charge in [0.05, 0.1) is 34.2 Å². The third-order valence-electron chi connectivity index (χ3n) is 8.96. The second-order valence-electron chi connectivity index (χ2n) is 13.5. The third-order valence-corrected chi connectivity index (χ3v) is 8.96. The molecule has 2 saturated heterocycles. The van der Waals surface area contributed by atoms with Gasteiger partial charge < -0.3 is 23.4 Å². The molecule has 8 heteroatoms. The number of allylic oxidation sites excluding steroid dienone is 1. The Morgan fingerprint density at radius 1 is 1.09 bits per heavy atom. The van der Waals surface area contributed by atoms with E-state index in [1.165, 1.54) is 19.3 Å². The zero-order valence-corrected chi connectivity index (χ0v) is 29.4. The quantitative estimate of drug-likeness (QED) is 0.146. The predicted octanol–water partition coefficient (Wildman–Crippen LogP) is 6.15. The summed E-state index contributed by atoms with van der Waals surface area (Å²) in [5.74, 6) is 2.03. The molecule has 252 valence electrons. The topological polar surface area (TPSA) is 64.0 Å². The fourth-order valence-corrected chi connectivity index (χ4v) is 6.36. The van der Waals surface area contributed by atoms with Gasteiger partial charge in [-0.1, -0.05) is 59.4 Å². The Kier molecular flexibility index (Phi) is 17.3. The summed E-state index contributed by atoms with van der Waals surface area (Å²) in [6.45, 7) is 15.5. The summed E-state index contributed by atoms with van der Waals surface area (Å²) >= 11 is 0. The summed E-state index contributed by atoms with van der Waals surface area (Å²) < 4.78 is 14.2. The largest absolute Gasteiger partial charge is 0.469 e. The maximum absolute atomic E-state index is 13.8. The van der Waals surface area contributed by atoms with Crippen LogP contribution in [0.5, 0.6) is 0 Å². The Hall–Kier alpha value is -2.16. The van der Waals surface area contributed by atoms with E-state index < -0.39 is 0 Å². The van der Waals surface area contributed by atoms with Gasteiger partial charge in [0, 0.05) is 50.9 Å². The zero-order valence-electron chi connectivity index (χ0n) is 29.4. The van der Waals surface area contributed by atoms with E-state index in [2.05, 4.69) is 57.8 Å². The molecular weight excluding hydrogens is 552 g/mol. The Morgan fingerprint density at radius 2 is 1.82 bits per heavy atom. The number of ether oxygens (including phenoxy) is 2. The van der Waals surface area contributed by atoms with Crippen LogP contribution in [0, 0.1) is 11.8 Å². The molecule has 0 bridgehead atoms. The average Bonchev–Trinajstić information content (AvgIpc) is 3.59. The third kappa shape index (κ3) is 13.1. The van der Waals surface area contributed by atoms with Crippen molar-refractivity contribution in [1.82, 2.24) is 14.4 Å². The van der Waals surface area contributed by atoms with Crippen molar-refractivity contribution in [2.45, 2.75) is 111 Å². The standard InChI is InChI=1S/C34H59N4O4.C2H6/c1-7-9-11-15-29(24-32-28(3)41-27-42-32)30-23-31(17-21-36-19-13-12-16-33(36)39)37(25-30)26-34(40)35(18-10-8-2)20-14-22-38(4,5)6;1-2/h12-13,16,19,24,28-31H,7-11,14-15,17-18,20-23,25-27H2,1-6H3;1-2H3/q+1;/b32-24+;. The molecule has 1 aromatic rings. The van der Waals surface area contributed by atoms with Gasteiger partial charge >= 0.3 is 0 Å². The first-order chi connectivity index (χ1) is 21.1. The molecule has 0 aromatic carbocycles. The number of likely N-dealkylation sites (tertiary alicyclic amines) is 1. The molecule has 0 aliphatic carbocycles. The minimum absolute atomic E-state index is 0.00245. The van der Waals surface area contributed by atoms with Gasteiger partial charge in [0.15, 0.2) is 6.79 Å². The average molecular weight is 618 g/mol. The van der Waals surface area contributed by atoms with Crippen molar-refractivity contribution in [3.8, 4) is 0 Å². The number of hydrogen-bond acceptors (Lipinski definition) is 5. The number of hydrogen-bond donors (Lipinski definition) is 0. The first-order valence-corrected chi connectivity index (χ1v) is 17.5. The van der Waals surface area contributed by atoms with E-state index in [1.54, 1.807) is 16.7 Å². The lowest BCUT2D eigenvalue weighted by Gasteiger charge is -2.30. The predicted molar refractivity (Wildman–Crippen MR) is 181 cm³/mol. The monoisotopic (exact) mass is 618 g/mol. The molecule has 0 N–H and O–H groups in total. The van der Waals surface area contributed by atoms with Gasteiger partial charge in [-0.3, -0.25) is 14.5 Å². The van der Waals surface area contributed by atoms with E-state index in [0.29, 0.717) is 31.7 Å². The number of carbonyl (C=O) groups excluding carboxylic acids is 1. The molecule has 4 unspecified atom stereocenters. The Bertz CT molecular complexity index is 1030. The normalized spacial score (nSPS) is 22.0. The number of pyridine rings is 1. The molecule has 3 rings (SSSR count). The van der Waals surface area contributed by atoms with E-state index in [0.717, 1.165) is 74.9 Å². The molecule has 0 saturated carbocycles. The van der Waals surface area contributed by atoms with Gasteiger partial charge in [-0.15, -0.1) is 0 Å². The number of aromatic nitrogens is 1.